The van der Waals surface area contributed by atoms with Crippen molar-refractivity contribution in [1.82, 2.24) is 23.7 Å². The standard InChI is InChI=1S/C21H19N5O2S2/c27-30(28,19-13-25-17-7-1-2-8-18(17)29-21(25)24-19)26-12-16(14-5-3-9-22-11-14)15-6-4-10-23-20(15)26/h1-2,4,6-8,10,12-14,22H,3,5,9,11H2. The van der Waals surface area contributed by atoms with Gasteiger partial charge >= 0.3 is 0 Å². The molecule has 1 atom stereocenters. The van der Waals surface area contributed by atoms with Crippen LogP contribution in [0.3, 0.4) is 0 Å². The first kappa shape index (κ1) is 18.1. The maximum atomic E-state index is 13.6. The van der Waals surface area contributed by atoms with E-state index in [1.165, 1.54) is 15.3 Å². The Labute approximate surface area is 177 Å². The molecule has 0 bridgehead atoms. The summed E-state index contributed by atoms with van der Waals surface area (Å²) in [5.41, 5.74) is 2.44. The third kappa shape index (κ3) is 2.62. The Hall–Kier alpha value is -2.75. The van der Waals surface area contributed by atoms with Gasteiger partial charge in [0.15, 0.2) is 15.6 Å². The molecule has 30 heavy (non-hydrogen) atoms. The number of imidazole rings is 1. The zero-order valence-electron chi connectivity index (χ0n) is 16.0. The highest BCUT2D eigenvalue weighted by atomic mass is 32.2. The van der Waals surface area contributed by atoms with E-state index in [9.17, 15) is 8.42 Å². The second-order valence-corrected chi connectivity index (χ2v) is 10.4. The molecule has 5 aromatic rings. The molecule has 5 heterocycles. The van der Waals surface area contributed by atoms with E-state index < -0.39 is 10.0 Å². The van der Waals surface area contributed by atoms with E-state index in [1.54, 1.807) is 18.6 Å². The first-order chi connectivity index (χ1) is 14.6. The molecule has 1 saturated heterocycles. The summed E-state index contributed by atoms with van der Waals surface area (Å²) in [6, 6.07) is 11.7. The number of para-hydroxylation sites is 1. The molecule has 1 fully saturated rings. The number of rotatable bonds is 3. The predicted molar refractivity (Wildman–Crippen MR) is 118 cm³/mol. The molecule has 9 heteroatoms. The minimum Gasteiger partial charge on any atom is -0.316 e. The van der Waals surface area contributed by atoms with Crippen LogP contribution in [0.5, 0.6) is 0 Å². The highest BCUT2D eigenvalue weighted by molar-refractivity contribution is 7.90. The molecule has 6 rings (SSSR count). The quantitative estimate of drug-likeness (QED) is 0.466. The summed E-state index contributed by atoms with van der Waals surface area (Å²) in [6.45, 7) is 1.85. The molecule has 0 radical (unpaired) electrons. The van der Waals surface area contributed by atoms with Crippen molar-refractivity contribution in [2.75, 3.05) is 13.1 Å². The molecule has 152 valence electrons. The van der Waals surface area contributed by atoms with Crippen molar-refractivity contribution in [3.8, 4) is 0 Å². The van der Waals surface area contributed by atoms with Crippen molar-refractivity contribution in [2.45, 2.75) is 23.8 Å². The monoisotopic (exact) mass is 437 g/mol. The fraction of sp³-hybridized carbons (Fsp3) is 0.238. The summed E-state index contributed by atoms with van der Waals surface area (Å²) < 4.78 is 31.4. The zero-order valence-corrected chi connectivity index (χ0v) is 17.7. The van der Waals surface area contributed by atoms with Crippen LogP contribution in [0.2, 0.25) is 0 Å². The molecule has 0 spiro atoms. The molecule has 1 N–H and O–H groups in total. The minimum atomic E-state index is -3.88. The van der Waals surface area contributed by atoms with Crippen LogP contribution in [0, 0.1) is 0 Å². The van der Waals surface area contributed by atoms with E-state index in [4.69, 9.17) is 0 Å². The zero-order chi connectivity index (χ0) is 20.3. The van der Waals surface area contributed by atoms with E-state index in [0.29, 0.717) is 10.6 Å². The maximum absolute atomic E-state index is 13.6. The van der Waals surface area contributed by atoms with Gasteiger partial charge in [-0.05, 0) is 55.1 Å². The van der Waals surface area contributed by atoms with Crippen molar-refractivity contribution >= 4 is 47.6 Å². The number of nitrogens with zero attached hydrogens (tertiary/aromatic N) is 4. The summed E-state index contributed by atoms with van der Waals surface area (Å²) in [5, 5.41) is 4.34. The molecule has 0 amide bonds. The number of hydrogen-bond donors (Lipinski definition) is 1. The van der Waals surface area contributed by atoms with Gasteiger partial charge in [0, 0.05) is 24.3 Å². The van der Waals surface area contributed by atoms with Crippen LogP contribution < -0.4 is 5.32 Å². The Kier molecular flexibility index (Phi) is 3.99. The Morgan fingerprint density at radius 1 is 1.13 bits per heavy atom. The van der Waals surface area contributed by atoms with Crippen LogP contribution in [0.25, 0.3) is 26.2 Å². The summed E-state index contributed by atoms with van der Waals surface area (Å²) >= 11 is 1.48. The van der Waals surface area contributed by atoms with E-state index in [-0.39, 0.29) is 10.9 Å². The molecule has 0 aliphatic carbocycles. The van der Waals surface area contributed by atoms with Gasteiger partial charge in [-0.3, -0.25) is 4.40 Å². The van der Waals surface area contributed by atoms with Crippen LogP contribution in [-0.4, -0.2) is 39.8 Å². The highest BCUT2D eigenvalue weighted by Gasteiger charge is 2.28. The lowest BCUT2D eigenvalue weighted by atomic mass is 9.92. The number of fused-ring (bicyclic) bond motifs is 4. The number of benzene rings is 1. The van der Waals surface area contributed by atoms with Gasteiger partial charge in [-0.2, -0.15) is 8.42 Å². The van der Waals surface area contributed by atoms with Crippen LogP contribution in [0.1, 0.15) is 24.3 Å². The second-order valence-electron chi connectivity index (χ2n) is 7.60. The van der Waals surface area contributed by atoms with E-state index in [0.717, 1.165) is 47.1 Å². The summed E-state index contributed by atoms with van der Waals surface area (Å²) in [5.74, 6) is 0.274. The van der Waals surface area contributed by atoms with Crippen LogP contribution >= 0.6 is 11.3 Å². The predicted octanol–water partition coefficient (Wildman–Crippen LogP) is 3.60. The fourth-order valence-electron chi connectivity index (χ4n) is 4.33. The Balaban J connectivity index is 1.53. The third-order valence-corrected chi connectivity index (χ3v) is 8.36. The number of piperidine rings is 1. The summed E-state index contributed by atoms with van der Waals surface area (Å²) in [6.07, 6.45) is 7.11. The lowest BCUT2D eigenvalue weighted by Crippen LogP contribution is -2.28. The minimum absolute atomic E-state index is 0.0374. The van der Waals surface area contributed by atoms with Gasteiger partial charge < -0.3 is 5.32 Å². The van der Waals surface area contributed by atoms with E-state index >= 15 is 0 Å². The Morgan fingerprint density at radius 3 is 2.90 bits per heavy atom. The molecule has 0 saturated carbocycles. The van der Waals surface area contributed by atoms with E-state index in [2.05, 4.69) is 15.3 Å². The molecule has 7 nitrogen and oxygen atoms in total. The lowest BCUT2D eigenvalue weighted by molar-refractivity contribution is 0.463. The van der Waals surface area contributed by atoms with Crippen LogP contribution in [-0.2, 0) is 10.0 Å². The summed E-state index contributed by atoms with van der Waals surface area (Å²) in [4.78, 5) is 9.53. The number of hydrogen-bond acceptors (Lipinski definition) is 6. The molecule has 1 unspecified atom stereocenters. The first-order valence-corrected chi connectivity index (χ1v) is 12.2. The first-order valence-electron chi connectivity index (χ1n) is 9.92. The largest absolute Gasteiger partial charge is 0.316 e. The fourth-order valence-corrected chi connectivity index (χ4v) is 6.67. The Morgan fingerprint density at radius 2 is 2.03 bits per heavy atom. The van der Waals surface area contributed by atoms with Crippen molar-refractivity contribution < 1.29 is 8.42 Å². The van der Waals surface area contributed by atoms with Gasteiger partial charge in [0.05, 0.1) is 16.4 Å². The Bertz CT molecular complexity index is 1510. The molecular weight excluding hydrogens is 418 g/mol. The summed E-state index contributed by atoms with van der Waals surface area (Å²) in [7, 11) is -3.88. The topological polar surface area (TPSA) is 81.3 Å². The van der Waals surface area contributed by atoms with Gasteiger partial charge in [-0.1, -0.05) is 23.5 Å². The average molecular weight is 438 g/mol. The van der Waals surface area contributed by atoms with Crippen LogP contribution in [0.15, 0.2) is 60.0 Å². The van der Waals surface area contributed by atoms with Gasteiger partial charge in [-0.15, -0.1) is 0 Å². The van der Waals surface area contributed by atoms with Gasteiger partial charge in [0.2, 0.25) is 0 Å². The lowest BCUT2D eigenvalue weighted by Gasteiger charge is -2.22. The third-order valence-electron chi connectivity index (χ3n) is 5.80. The SMILES string of the molecule is O=S(=O)(c1cn2c(n1)sc1ccccc12)n1cc(C2CCCNC2)c2cccnc21. The molecule has 1 aliphatic heterocycles. The van der Waals surface area contributed by atoms with Crippen molar-refractivity contribution in [3.63, 3.8) is 0 Å². The number of aromatic nitrogens is 4. The van der Waals surface area contributed by atoms with Crippen molar-refractivity contribution in [2.24, 2.45) is 0 Å². The van der Waals surface area contributed by atoms with E-state index in [1.807, 2.05) is 40.8 Å². The number of thiazole rings is 1. The average Bonchev–Trinajstić information content (AvgIpc) is 3.46. The van der Waals surface area contributed by atoms with Gasteiger partial charge in [0.25, 0.3) is 10.0 Å². The van der Waals surface area contributed by atoms with Crippen LogP contribution in [0.4, 0.5) is 0 Å². The van der Waals surface area contributed by atoms with Crippen molar-refractivity contribution in [1.29, 1.82) is 0 Å². The normalized spacial score (nSPS) is 17.9. The number of nitrogens with one attached hydrogen (secondary N) is 1. The van der Waals surface area contributed by atoms with Crippen molar-refractivity contribution in [3.05, 3.63) is 60.6 Å². The highest BCUT2D eigenvalue weighted by Crippen LogP contribution is 2.33. The molecule has 1 aromatic carbocycles. The maximum Gasteiger partial charge on any atom is 0.288 e. The molecular formula is C21H19N5O2S2. The number of pyridine rings is 1. The molecule has 4 aromatic heterocycles. The molecule has 1 aliphatic rings. The second kappa shape index (κ2) is 6.63. The van der Waals surface area contributed by atoms with Gasteiger partial charge in [0.1, 0.15) is 0 Å². The van der Waals surface area contributed by atoms with Gasteiger partial charge in [-0.25, -0.2) is 13.9 Å². The smallest absolute Gasteiger partial charge is 0.288 e.